The standard InChI is InChI=1S/C13H18Br2N2O.ClH/c1-8-5-17(7-12(8)16)6-9-3-10(14)4-11(15)13(9)18-2;/h3-4,8,12H,5-7,16H2,1-2H3;1H. The molecule has 2 atom stereocenters. The molecule has 1 aromatic carbocycles. The molecule has 2 N–H and O–H groups in total. The third-order valence-electron chi connectivity index (χ3n) is 3.43. The smallest absolute Gasteiger partial charge is 0.137 e. The second-order valence-corrected chi connectivity index (χ2v) is 6.69. The number of nitrogens with zero attached hydrogens (tertiary/aromatic N) is 1. The zero-order chi connectivity index (χ0) is 13.3. The van der Waals surface area contributed by atoms with Gasteiger partial charge >= 0.3 is 0 Å². The summed E-state index contributed by atoms with van der Waals surface area (Å²) in [5.74, 6) is 1.47. The summed E-state index contributed by atoms with van der Waals surface area (Å²) < 4.78 is 7.50. The predicted molar refractivity (Wildman–Crippen MR) is 88.1 cm³/mol. The predicted octanol–water partition coefficient (Wildman–Crippen LogP) is 3.42. The Bertz CT molecular complexity index is 435. The molecular weight excluding hydrogens is 395 g/mol. The number of benzene rings is 1. The molecule has 0 spiro atoms. The molecule has 108 valence electrons. The number of rotatable bonds is 3. The summed E-state index contributed by atoms with van der Waals surface area (Å²) in [5.41, 5.74) is 7.24. The van der Waals surface area contributed by atoms with Gasteiger partial charge in [0.2, 0.25) is 0 Å². The van der Waals surface area contributed by atoms with E-state index in [1.54, 1.807) is 7.11 Å². The van der Waals surface area contributed by atoms with E-state index >= 15 is 0 Å². The molecule has 1 aliphatic rings. The molecular formula is C13H19Br2ClN2O. The fourth-order valence-electron chi connectivity index (χ4n) is 2.42. The van der Waals surface area contributed by atoms with Gasteiger partial charge in [-0.15, -0.1) is 12.4 Å². The van der Waals surface area contributed by atoms with Crippen molar-refractivity contribution in [3.05, 3.63) is 26.6 Å². The van der Waals surface area contributed by atoms with Crippen LogP contribution in [-0.4, -0.2) is 31.1 Å². The molecule has 0 aromatic heterocycles. The molecule has 19 heavy (non-hydrogen) atoms. The number of hydrogen-bond acceptors (Lipinski definition) is 3. The van der Waals surface area contributed by atoms with Gasteiger partial charge in [-0.2, -0.15) is 0 Å². The molecule has 0 radical (unpaired) electrons. The Morgan fingerprint density at radius 2 is 2.05 bits per heavy atom. The molecule has 2 rings (SSSR count). The maximum absolute atomic E-state index is 6.06. The van der Waals surface area contributed by atoms with Gasteiger partial charge < -0.3 is 10.5 Å². The van der Waals surface area contributed by atoms with Crippen LogP contribution >= 0.6 is 44.3 Å². The second-order valence-electron chi connectivity index (χ2n) is 4.92. The second kappa shape index (κ2) is 7.27. The first-order valence-corrected chi connectivity index (χ1v) is 7.59. The van der Waals surface area contributed by atoms with E-state index in [0.29, 0.717) is 5.92 Å². The highest BCUT2D eigenvalue weighted by Crippen LogP contribution is 2.34. The maximum Gasteiger partial charge on any atom is 0.137 e. The minimum atomic E-state index is 0. The lowest BCUT2D eigenvalue weighted by molar-refractivity contribution is 0.309. The van der Waals surface area contributed by atoms with Crippen LogP contribution in [-0.2, 0) is 6.54 Å². The molecule has 0 aliphatic carbocycles. The molecule has 1 fully saturated rings. The number of methoxy groups -OCH3 is 1. The normalized spacial score (nSPS) is 23.2. The molecule has 1 heterocycles. The first-order valence-electron chi connectivity index (χ1n) is 6.01. The molecule has 1 aliphatic heterocycles. The topological polar surface area (TPSA) is 38.5 Å². The van der Waals surface area contributed by atoms with Gasteiger partial charge in [0.25, 0.3) is 0 Å². The number of hydrogen-bond donors (Lipinski definition) is 1. The molecule has 1 aromatic rings. The summed E-state index contributed by atoms with van der Waals surface area (Å²) in [6.45, 7) is 5.08. The van der Waals surface area contributed by atoms with E-state index in [9.17, 15) is 0 Å². The highest BCUT2D eigenvalue weighted by Gasteiger charge is 2.27. The van der Waals surface area contributed by atoms with Gasteiger partial charge in [-0.05, 0) is 34.0 Å². The van der Waals surface area contributed by atoms with Crippen molar-refractivity contribution in [2.75, 3.05) is 20.2 Å². The van der Waals surface area contributed by atoms with E-state index in [0.717, 1.165) is 34.3 Å². The number of nitrogens with two attached hydrogens (primary N) is 1. The molecule has 0 amide bonds. The van der Waals surface area contributed by atoms with Crippen molar-refractivity contribution in [2.45, 2.75) is 19.5 Å². The lowest BCUT2D eigenvalue weighted by Gasteiger charge is -2.18. The van der Waals surface area contributed by atoms with Crippen LogP contribution in [0, 0.1) is 5.92 Å². The van der Waals surface area contributed by atoms with Crippen molar-refractivity contribution < 1.29 is 4.74 Å². The largest absolute Gasteiger partial charge is 0.495 e. The van der Waals surface area contributed by atoms with Crippen LogP contribution < -0.4 is 10.5 Å². The SMILES string of the molecule is COc1c(Br)cc(Br)cc1CN1CC(C)C(N)C1.Cl. The van der Waals surface area contributed by atoms with Crippen molar-refractivity contribution >= 4 is 44.3 Å². The van der Waals surface area contributed by atoms with Crippen LogP contribution in [0.15, 0.2) is 21.1 Å². The quantitative estimate of drug-likeness (QED) is 0.824. The molecule has 3 nitrogen and oxygen atoms in total. The lowest BCUT2D eigenvalue weighted by Crippen LogP contribution is -2.28. The van der Waals surface area contributed by atoms with Gasteiger partial charge in [-0.1, -0.05) is 22.9 Å². The zero-order valence-corrected chi connectivity index (χ0v) is 15.0. The van der Waals surface area contributed by atoms with Crippen LogP contribution in [0.2, 0.25) is 0 Å². The maximum atomic E-state index is 6.06. The monoisotopic (exact) mass is 412 g/mol. The van der Waals surface area contributed by atoms with Crippen LogP contribution in [0.1, 0.15) is 12.5 Å². The summed E-state index contributed by atoms with van der Waals surface area (Å²) in [6.07, 6.45) is 0. The van der Waals surface area contributed by atoms with E-state index in [1.165, 1.54) is 5.56 Å². The van der Waals surface area contributed by atoms with E-state index in [1.807, 2.05) is 6.07 Å². The first-order chi connectivity index (χ1) is 8.51. The summed E-state index contributed by atoms with van der Waals surface area (Å²) in [5, 5.41) is 0. The zero-order valence-electron chi connectivity index (χ0n) is 11.0. The van der Waals surface area contributed by atoms with Gasteiger partial charge in [0, 0.05) is 35.7 Å². The Balaban J connectivity index is 0.00000180. The lowest BCUT2D eigenvalue weighted by atomic mass is 10.1. The summed E-state index contributed by atoms with van der Waals surface area (Å²) in [7, 11) is 1.70. The first kappa shape index (κ1) is 17.2. The fourth-order valence-corrected chi connectivity index (χ4v) is 3.90. The Labute approximate surface area is 137 Å². The van der Waals surface area contributed by atoms with Gasteiger partial charge in [-0.25, -0.2) is 0 Å². The van der Waals surface area contributed by atoms with E-state index < -0.39 is 0 Å². The average Bonchev–Trinajstić information content (AvgIpc) is 2.57. The minimum absolute atomic E-state index is 0. The Morgan fingerprint density at radius 1 is 1.37 bits per heavy atom. The Hall–Kier alpha value is 0.190. The summed E-state index contributed by atoms with van der Waals surface area (Å²) in [6, 6.07) is 4.39. The van der Waals surface area contributed by atoms with Crippen molar-refractivity contribution in [1.29, 1.82) is 0 Å². The Morgan fingerprint density at radius 3 is 2.58 bits per heavy atom. The van der Waals surface area contributed by atoms with Crippen LogP contribution in [0.25, 0.3) is 0 Å². The molecule has 6 heteroatoms. The Kier molecular flexibility index (Phi) is 6.60. The third kappa shape index (κ3) is 4.08. The van der Waals surface area contributed by atoms with Gasteiger partial charge in [0.15, 0.2) is 0 Å². The highest BCUT2D eigenvalue weighted by molar-refractivity contribution is 9.11. The van der Waals surface area contributed by atoms with Gasteiger partial charge in [0.05, 0.1) is 11.6 Å². The number of halogens is 3. The number of ether oxygens (including phenoxy) is 1. The summed E-state index contributed by atoms with van der Waals surface area (Å²) in [4.78, 5) is 2.38. The van der Waals surface area contributed by atoms with Crippen LogP contribution in [0.3, 0.4) is 0 Å². The average molecular weight is 415 g/mol. The highest BCUT2D eigenvalue weighted by atomic mass is 79.9. The van der Waals surface area contributed by atoms with Crippen molar-refractivity contribution in [1.82, 2.24) is 4.90 Å². The number of likely N-dealkylation sites (tertiary alicyclic amines) is 1. The van der Waals surface area contributed by atoms with Crippen molar-refractivity contribution in [3.63, 3.8) is 0 Å². The molecule has 0 saturated carbocycles. The van der Waals surface area contributed by atoms with Gasteiger partial charge in [-0.3, -0.25) is 4.90 Å². The van der Waals surface area contributed by atoms with Crippen LogP contribution in [0.5, 0.6) is 5.75 Å². The van der Waals surface area contributed by atoms with Gasteiger partial charge in [0.1, 0.15) is 5.75 Å². The minimum Gasteiger partial charge on any atom is -0.495 e. The molecule has 2 unspecified atom stereocenters. The van der Waals surface area contributed by atoms with E-state index in [-0.39, 0.29) is 18.4 Å². The van der Waals surface area contributed by atoms with Crippen molar-refractivity contribution in [3.8, 4) is 5.75 Å². The van der Waals surface area contributed by atoms with Crippen LogP contribution in [0.4, 0.5) is 0 Å². The third-order valence-corrected chi connectivity index (χ3v) is 4.48. The molecule has 1 saturated heterocycles. The summed E-state index contributed by atoms with van der Waals surface area (Å²) >= 11 is 7.05. The fraction of sp³-hybridized carbons (Fsp3) is 0.538. The van der Waals surface area contributed by atoms with E-state index in [4.69, 9.17) is 10.5 Å². The van der Waals surface area contributed by atoms with E-state index in [2.05, 4.69) is 49.7 Å². The molecule has 0 bridgehead atoms. The van der Waals surface area contributed by atoms with Crippen molar-refractivity contribution in [2.24, 2.45) is 11.7 Å².